The molecule has 0 atom stereocenters. The number of nitrogens with one attached hydrogen (secondary N) is 1. The largest absolute Gasteiger partial charge is 0.369 e. The van der Waals surface area contributed by atoms with E-state index in [2.05, 4.69) is 15.3 Å². The number of carbonyl (C=O) groups excluding carboxylic acids is 2. The highest BCUT2D eigenvalue weighted by Gasteiger charge is 2.57. The van der Waals surface area contributed by atoms with Gasteiger partial charge in [-0.3, -0.25) is 19.5 Å². The number of aryl methyl sites for hydroxylation is 1. The van der Waals surface area contributed by atoms with Crippen LogP contribution < -0.4 is 16.0 Å². The van der Waals surface area contributed by atoms with E-state index in [0.29, 0.717) is 24.2 Å². The van der Waals surface area contributed by atoms with Crippen molar-refractivity contribution in [2.75, 3.05) is 10.2 Å². The van der Waals surface area contributed by atoms with Crippen LogP contribution in [0.5, 0.6) is 0 Å². The summed E-state index contributed by atoms with van der Waals surface area (Å²) in [5.41, 5.74) is 7.08. The number of benzene rings is 2. The van der Waals surface area contributed by atoms with Gasteiger partial charge >= 0.3 is 0 Å². The van der Waals surface area contributed by atoms with Crippen LogP contribution in [0.1, 0.15) is 12.8 Å². The van der Waals surface area contributed by atoms with Crippen molar-refractivity contribution in [1.29, 1.82) is 0 Å². The smallest absolute Gasteiger partial charge is 0.247 e. The van der Waals surface area contributed by atoms with Crippen LogP contribution in [-0.2, 0) is 16.6 Å². The molecule has 0 bridgehead atoms. The van der Waals surface area contributed by atoms with Crippen LogP contribution in [0.4, 0.5) is 31.5 Å². The Kier molecular flexibility index (Phi) is 5.87. The highest BCUT2D eigenvalue weighted by atomic mass is 32.1. The van der Waals surface area contributed by atoms with Gasteiger partial charge in [0.1, 0.15) is 17.0 Å². The third-order valence-electron chi connectivity index (χ3n) is 6.77. The number of hydrogen-bond acceptors (Lipinski definition) is 6. The number of amides is 2. The SMILES string of the molecule is Cn1cnc(-c2cc3nccc(Nc4ccc(N(C(=O)C5(C(N)=O)CC5)c5ccc(F)cc5)cc4F)c3s2)c1. The molecule has 3 heterocycles. The lowest BCUT2D eigenvalue weighted by Gasteiger charge is -2.27. The first-order chi connectivity index (χ1) is 18.7. The molecule has 0 unspecified atom stereocenters. The van der Waals surface area contributed by atoms with E-state index in [1.54, 1.807) is 24.7 Å². The fourth-order valence-corrected chi connectivity index (χ4v) is 5.52. The Bertz CT molecular complexity index is 1740. The Morgan fingerprint density at radius 1 is 1.03 bits per heavy atom. The van der Waals surface area contributed by atoms with Gasteiger partial charge in [0.05, 0.1) is 44.2 Å². The second-order valence-corrected chi connectivity index (χ2v) is 10.5. The highest BCUT2D eigenvalue weighted by Crippen LogP contribution is 2.49. The molecular weight excluding hydrogens is 522 g/mol. The van der Waals surface area contributed by atoms with Gasteiger partial charge in [-0.05, 0) is 61.4 Å². The number of halogens is 2. The van der Waals surface area contributed by atoms with E-state index in [1.807, 2.05) is 23.9 Å². The summed E-state index contributed by atoms with van der Waals surface area (Å²) in [6, 6.07) is 13.2. The Balaban J connectivity index is 1.35. The summed E-state index contributed by atoms with van der Waals surface area (Å²) >= 11 is 1.49. The molecular formula is C28H22F2N6O2S. The van der Waals surface area contributed by atoms with Crippen LogP contribution in [0.25, 0.3) is 20.8 Å². The average Bonchev–Trinajstić information content (AvgIpc) is 3.44. The number of aromatic nitrogens is 3. The summed E-state index contributed by atoms with van der Waals surface area (Å²) in [6.45, 7) is 0. The maximum absolute atomic E-state index is 15.5. The lowest BCUT2D eigenvalue weighted by atomic mass is 10.0. The summed E-state index contributed by atoms with van der Waals surface area (Å²) in [6.07, 6.45) is 5.88. The quantitative estimate of drug-likeness (QED) is 0.258. The Hall–Kier alpha value is -4.64. The van der Waals surface area contributed by atoms with E-state index in [1.165, 1.54) is 52.6 Å². The first kappa shape index (κ1) is 24.7. The van der Waals surface area contributed by atoms with E-state index in [4.69, 9.17) is 5.73 Å². The van der Waals surface area contributed by atoms with Crippen molar-refractivity contribution in [3.05, 3.63) is 85.0 Å². The minimum atomic E-state index is -1.35. The van der Waals surface area contributed by atoms with E-state index in [0.717, 1.165) is 20.8 Å². The number of nitrogens with two attached hydrogens (primary N) is 1. The molecule has 0 saturated heterocycles. The van der Waals surface area contributed by atoms with E-state index >= 15 is 4.39 Å². The summed E-state index contributed by atoms with van der Waals surface area (Å²) in [5.74, 6) is -2.42. The van der Waals surface area contributed by atoms with Gasteiger partial charge in [0, 0.05) is 31.2 Å². The predicted octanol–water partition coefficient (Wildman–Crippen LogP) is 5.65. The van der Waals surface area contributed by atoms with Crippen molar-refractivity contribution >= 4 is 56.1 Å². The number of primary amides is 1. The number of anilines is 4. The fourth-order valence-electron chi connectivity index (χ4n) is 4.47. The predicted molar refractivity (Wildman–Crippen MR) is 146 cm³/mol. The fraction of sp³-hybridized carbons (Fsp3) is 0.143. The molecule has 0 aliphatic heterocycles. The zero-order valence-corrected chi connectivity index (χ0v) is 21.5. The molecule has 1 aliphatic rings. The molecule has 6 rings (SSSR count). The molecule has 2 amide bonds. The minimum Gasteiger partial charge on any atom is -0.369 e. The highest BCUT2D eigenvalue weighted by molar-refractivity contribution is 7.22. The van der Waals surface area contributed by atoms with Crippen LogP contribution in [0.2, 0.25) is 0 Å². The zero-order valence-electron chi connectivity index (χ0n) is 20.7. The molecule has 1 saturated carbocycles. The maximum Gasteiger partial charge on any atom is 0.247 e. The van der Waals surface area contributed by atoms with Gasteiger partial charge < -0.3 is 15.6 Å². The number of imidazole rings is 1. The number of rotatable bonds is 7. The second-order valence-electron chi connectivity index (χ2n) is 9.46. The molecule has 0 radical (unpaired) electrons. The molecule has 39 heavy (non-hydrogen) atoms. The first-order valence-corrected chi connectivity index (χ1v) is 12.9. The van der Waals surface area contributed by atoms with Crippen molar-refractivity contribution in [3.63, 3.8) is 0 Å². The van der Waals surface area contributed by atoms with E-state index < -0.39 is 28.9 Å². The lowest BCUT2D eigenvalue weighted by molar-refractivity contribution is -0.133. The van der Waals surface area contributed by atoms with Gasteiger partial charge in [-0.2, -0.15) is 0 Å². The number of nitrogens with zero attached hydrogens (tertiary/aromatic N) is 4. The van der Waals surface area contributed by atoms with Crippen molar-refractivity contribution < 1.29 is 18.4 Å². The number of hydrogen-bond donors (Lipinski definition) is 2. The van der Waals surface area contributed by atoms with Crippen molar-refractivity contribution in [2.45, 2.75) is 12.8 Å². The Morgan fingerprint density at radius 2 is 1.77 bits per heavy atom. The molecule has 3 aromatic heterocycles. The Morgan fingerprint density at radius 3 is 2.41 bits per heavy atom. The van der Waals surface area contributed by atoms with Gasteiger partial charge in [0.2, 0.25) is 11.8 Å². The summed E-state index contributed by atoms with van der Waals surface area (Å²) < 4.78 is 31.8. The monoisotopic (exact) mass is 544 g/mol. The molecule has 8 nitrogen and oxygen atoms in total. The third-order valence-corrected chi connectivity index (χ3v) is 7.95. The number of thiophene rings is 1. The van der Waals surface area contributed by atoms with Crippen molar-refractivity contribution in [2.24, 2.45) is 18.2 Å². The second kappa shape index (κ2) is 9.28. The molecule has 196 valence electrons. The van der Waals surface area contributed by atoms with Crippen LogP contribution in [0.3, 0.4) is 0 Å². The number of carbonyl (C=O) groups is 2. The summed E-state index contributed by atoms with van der Waals surface area (Å²) in [7, 11) is 1.89. The van der Waals surface area contributed by atoms with Crippen LogP contribution in [0.15, 0.2) is 73.3 Å². The molecule has 3 N–H and O–H groups in total. The van der Waals surface area contributed by atoms with E-state index in [9.17, 15) is 14.0 Å². The normalized spacial score (nSPS) is 13.8. The van der Waals surface area contributed by atoms with Gasteiger partial charge in [-0.1, -0.05) is 0 Å². The zero-order chi connectivity index (χ0) is 27.3. The third kappa shape index (κ3) is 4.40. The van der Waals surface area contributed by atoms with Crippen LogP contribution >= 0.6 is 11.3 Å². The number of pyridine rings is 1. The Labute approximate surface area is 225 Å². The van der Waals surface area contributed by atoms with Gasteiger partial charge in [-0.25, -0.2) is 13.8 Å². The maximum atomic E-state index is 15.5. The molecule has 11 heteroatoms. The van der Waals surface area contributed by atoms with Crippen LogP contribution in [0, 0.1) is 17.0 Å². The minimum absolute atomic E-state index is 0.182. The standard InChI is InChI=1S/C28H22F2N6O2S/c1-35-14-23(33-15-35)24-13-22-25(39-24)21(8-11-32-22)34-20-7-6-18(12-19(20)30)36(17-4-2-16(29)3-5-17)27(38)28(9-10-28)26(31)37/h2-8,11-15H,9-10H2,1H3,(H2,31,37)(H,32,34). The molecule has 0 spiro atoms. The summed E-state index contributed by atoms with van der Waals surface area (Å²) in [5, 5.41) is 3.13. The van der Waals surface area contributed by atoms with Crippen molar-refractivity contribution in [1.82, 2.24) is 14.5 Å². The number of fused-ring (bicyclic) bond motifs is 1. The topological polar surface area (TPSA) is 106 Å². The van der Waals surface area contributed by atoms with Gasteiger partial charge in [0.25, 0.3) is 0 Å². The van der Waals surface area contributed by atoms with Gasteiger partial charge in [0.15, 0.2) is 0 Å². The van der Waals surface area contributed by atoms with Gasteiger partial charge in [-0.15, -0.1) is 11.3 Å². The first-order valence-electron chi connectivity index (χ1n) is 12.1. The summed E-state index contributed by atoms with van der Waals surface area (Å²) in [4.78, 5) is 36.6. The average molecular weight is 545 g/mol. The van der Waals surface area contributed by atoms with E-state index in [-0.39, 0.29) is 11.4 Å². The van der Waals surface area contributed by atoms with Crippen molar-refractivity contribution in [3.8, 4) is 10.6 Å². The molecule has 1 aliphatic carbocycles. The lowest BCUT2D eigenvalue weighted by Crippen LogP contribution is -2.41. The van der Waals surface area contributed by atoms with Crippen LogP contribution in [-0.4, -0.2) is 26.3 Å². The molecule has 2 aromatic carbocycles. The molecule has 1 fully saturated rings. The molecule has 5 aromatic rings.